The summed E-state index contributed by atoms with van der Waals surface area (Å²) in [4.78, 5) is 35.4. The number of nitrogens with one attached hydrogen (secondary N) is 1. The first-order valence-electron chi connectivity index (χ1n) is 12.4. The molecule has 2 unspecified atom stereocenters. The van der Waals surface area contributed by atoms with Crippen LogP contribution in [-0.2, 0) is 19.1 Å². The molecule has 0 spiro atoms. The highest BCUT2D eigenvalue weighted by Crippen LogP contribution is 2.20. The van der Waals surface area contributed by atoms with Crippen LogP contribution in [0.4, 0.5) is 9.18 Å². The first kappa shape index (κ1) is 31.5. The number of alkyl carbamates (subject to hydrolysis) is 1. The number of aliphatic carboxylic acids is 2. The largest absolute Gasteiger partial charge is 0.489 e. The van der Waals surface area contributed by atoms with E-state index >= 15 is 0 Å². The number of hydrogen-bond donors (Lipinski definition) is 3. The first-order valence-corrected chi connectivity index (χ1v) is 12.4. The van der Waals surface area contributed by atoms with E-state index in [2.05, 4.69) is 15.1 Å². The van der Waals surface area contributed by atoms with Crippen molar-refractivity contribution in [1.29, 1.82) is 5.26 Å². The fraction of sp³-hybridized carbons (Fsp3) is 0.538. The molecule has 2 heterocycles. The monoisotopic (exact) mass is 550 g/mol. The second kappa shape index (κ2) is 15.0. The lowest BCUT2D eigenvalue weighted by Gasteiger charge is -2.45. The Kier molecular flexibility index (Phi) is 12.1. The third kappa shape index (κ3) is 12.6. The van der Waals surface area contributed by atoms with Crippen LogP contribution in [0.25, 0.3) is 0 Å². The molecule has 39 heavy (non-hydrogen) atoms. The second-order valence-corrected chi connectivity index (χ2v) is 9.94. The summed E-state index contributed by atoms with van der Waals surface area (Å²) in [7, 11) is 0. The van der Waals surface area contributed by atoms with E-state index in [9.17, 15) is 18.8 Å². The molecule has 2 bridgehead atoms. The molecular weight excluding hydrogens is 515 g/mol. The summed E-state index contributed by atoms with van der Waals surface area (Å²) < 4.78 is 30.8. The molecule has 1 amide bonds. The van der Waals surface area contributed by atoms with Crippen LogP contribution >= 0.6 is 0 Å². The van der Waals surface area contributed by atoms with Gasteiger partial charge in [-0.05, 0) is 39.0 Å². The van der Waals surface area contributed by atoms with Crippen LogP contribution in [0, 0.1) is 17.1 Å². The maximum Gasteiger partial charge on any atom is 0.407 e. The third-order valence-corrected chi connectivity index (χ3v) is 5.42. The van der Waals surface area contributed by atoms with Gasteiger partial charge in [-0.1, -0.05) is 0 Å². The number of hydrogen-bond acceptors (Lipinski definition) is 9. The Bertz CT molecular complexity index is 1040. The van der Waals surface area contributed by atoms with Crippen LogP contribution in [0.5, 0.6) is 5.75 Å². The number of morpholine rings is 2. The summed E-state index contributed by atoms with van der Waals surface area (Å²) in [5, 5.41) is 27.2. The van der Waals surface area contributed by atoms with Gasteiger partial charge in [0.1, 0.15) is 12.2 Å². The molecule has 12 nitrogen and oxygen atoms in total. The van der Waals surface area contributed by atoms with Crippen LogP contribution in [0.1, 0.15) is 26.3 Å². The number of nitrogens with zero attached hydrogens (tertiary/aromatic N) is 3. The van der Waals surface area contributed by atoms with E-state index in [1.807, 2.05) is 26.8 Å². The Morgan fingerprint density at radius 2 is 1.67 bits per heavy atom. The highest BCUT2D eigenvalue weighted by Gasteiger charge is 2.34. The minimum absolute atomic E-state index is 0.0978. The molecule has 2 atom stereocenters. The number of carbonyl (C=O) groups excluding carboxylic acids is 1. The Labute approximate surface area is 226 Å². The zero-order valence-corrected chi connectivity index (χ0v) is 22.3. The smallest absolute Gasteiger partial charge is 0.407 e. The van der Waals surface area contributed by atoms with Gasteiger partial charge >= 0.3 is 18.0 Å². The van der Waals surface area contributed by atoms with Crippen LogP contribution in [0.15, 0.2) is 30.4 Å². The van der Waals surface area contributed by atoms with Gasteiger partial charge in [-0.3, -0.25) is 9.80 Å². The molecule has 3 rings (SSSR count). The molecule has 0 aliphatic carbocycles. The number of ether oxygens (including phenoxy) is 3. The summed E-state index contributed by atoms with van der Waals surface area (Å²) >= 11 is 0. The average Bonchev–Trinajstić information content (AvgIpc) is 2.82. The molecular formula is C26H35FN4O8. The van der Waals surface area contributed by atoms with E-state index in [0.29, 0.717) is 31.8 Å². The molecule has 2 fully saturated rings. The Morgan fingerprint density at radius 1 is 1.10 bits per heavy atom. The summed E-state index contributed by atoms with van der Waals surface area (Å²) in [5.41, 5.74) is -0.226. The SMILES string of the molecule is CC(C)(C)OC(=O)NCCN1CC2CN(CCOc3ccc(C#N)cc3F)CC(C1)O2.O=C(O)/C=C/C(=O)O. The summed E-state index contributed by atoms with van der Waals surface area (Å²) in [6.45, 7) is 11.0. The van der Waals surface area contributed by atoms with Gasteiger partial charge in [0.15, 0.2) is 11.6 Å². The van der Waals surface area contributed by atoms with E-state index in [4.69, 9.17) is 29.7 Å². The molecule has 3 N–H and O–H groups in total. The molecule has 0 aromatic heterocycles. The molecule has 0 saturated carbocycles. The molecule has 0 radical (unpaired) electrons. The zero-order chi connectivity index (χ0) is 29.0. The summed E-state index contributed by atoms with van der Waals surface area (Å²) in [6.07, 6.45) is 0.914. The first-order chi connectivity index (χ1) is 18.3. The van der Waals surface area contributed by atoms with Crippen LogP contribution in [-0.4, -0.2) is 108 Å². The Hall–Kier alpha value is -3.73. The average molecular weight is 551 g/mol. The standard InChI is InChI=1S/C22H31FN4O4.C4H4O4/c1-22(2,3)31-21(28)25-6-7-26-12-17-14-27(15-18(13-26)30-17)8-9-29-20-5-4-16(11-24)10-19(20)23;5-3(6)1-2-4(7)8/h4-5,10,17-18H,6-9,12-15H2,1-3H3,(H,25,28);1-2H,(H,5,6)(H,7,8)/b;2-1+. The number of fused-ring (bicyclic) bond motifs is 2. The van der Waals surface area contributed by atoms with Crippen LogP contribution in [0.2, 0.25) is 0 Å². The van der Waals surface area contributed by atoms with Gasteiger partial charge in [-0.2, -0.15) is 5.26 Å². The molecule has 214 valence electrons. The number of nitriles is 1. The molecule has 2 saturated heterocycles. The lowest BCUT2D eigenvalue weighted by atomic mass is 10.1. The van der Waals surface area contributed by atoms with Gasteiger partial charge in [0.05, 0.1) is 23.8 Å². The van der Waals surface area contributed by atoms with Crippen molar-refractivity contribution < 1.29 is 43.2 Å². The van der Waals surface area contributed by atoms with Gasteiger partial charge in [-0.15, -0.1) is 0 Å². The number of carboxylic acid groups (broad SMARTS) is 2. The van der Waals surface area contributed by atoms with E-state index in [0.717, 1.165) is 32.7 Å². The van der Waals surface area contributed by atoms with E-state index in [1.165, 1.54) is 12.1 Å². The van der Waals surface area contributed by atoms with Crippen molar-refractivity contribution in [2.24, 2.45) is 0 Å². The predicted octanol–water partition coefficient (Wildman–Crippen LogP) is 1.70. The lowest BCUT2D eigenvalue weighted by Crippen LogP contribution is -2.60. The van der Waals surface area contributed by atoms with Gasteiger partial charge in [0, 0.05) is 58.0 Å². The lowest BCUT2D eigenvalue weighted by molar-refractivity contribution is -0.139. The maximum absolute atomic E-state index is 13.9. The van der Waals surface area contributed by atoms with Gasteiger partial charge in [0.25, 0.3) is 0 Å². The fourth-order valence-corrected chi connectivity index (χ4v) is 3.97. The number of carbonyl (C=O) groups is 3. The Balaban J connectivity index is 0.000000580. The van der Waals surface area contributed by atoms with Crippen molar-refractivity contribution in [3.63, 3.8) is 0 Å². The molecule has 2 aliphatic rings. The van der Waals surface area contributed by atoms with Crippen molar-refractivity contribution >= 4 is 18.0 Å². The van der Waals surface area contributed by atoms with E-state index in [-0.39, 0.29) is 23.5 Å². The molecule has 13 heteroatoms. The topological polar surface area (TPSA) is 162 Å². The quantitative estimate of drug-likeness (QED) is 0.384. The number of amides is 1. The minimum atomic E-state index is -1.26. The number of benzene rings is 1. The minimum Gasteiger partial charge on any atom is -0.489 e. The predicted molar refractivity (Wildman–Crippen MR) is 137 cm³/mol. The zero-order valence-electron chi connectivity index (χ0n) is 22.3. The van der Waals surface area contributed by atoms with Gasteiger partial charge in [-0.25, -0.2) is 18.8 Å². The second-order valence-electron chi connectivity index (χ2n) is 9.94. The molecule has 1 aromatic rings. The van der Waals surface area contributed by atoms with Crippen molar-refractivity contribution in [3.8, 4) is 11.8 Å². The third-order valence-electron chi connectivity index (χ3n) is 5.42. The van der Waals surface area contributed by atoms with Crippen LogP contribution < -0.4 is 10.1 Å². The van der Waals surface area contributed by atoms with Crippen molar-refractivity contribution in [3.05, 3.63) is 41.7 Å². The molecule has 1 aromatic carbocycles. The number of halogens is 1. The van der Waals surface area contributed by atoms with E-state index < -0.39 is 29.5 Å². The number of carboxylic acids is 2. The number of rotatable bonds is 9. The van der Waals surface area contributed by atoms with E-state index in [1.54, 1.807) is 6.07 Å². The highest BCUT2D eigenvalue weighted by molar-refractivity contribution is 5.89. The molecule has 2 aliphatic heterocycles. The van der Waals surface area contributed by atoms with Gasteiger partial charge < -0.3 is 29.7 Å². The normalized spacial score (nSPS) is 19.4. The maximum atomic E-state index is 13.9. The summed E-state index contributed by atoms with van der Waals surface area (Å²) in [6, 6.07) is 6.13. The van der Waals surface area contributed by atoms with Crippen LogP contribution in [0.3, 0.4) is 0 Å². The van der Waals surface area contributed by atoms with Crippen molar-refractivity contribution in [2.45, 2.75) is 38.6 Å². The Morgan fingerprint density at radius 3 is 2.15 bits per heavy atom. The van der Waals surface area contributed by atoms with Crippen molar-refractivity contribution in [1.82, 2.24) is 15.1 Å². The summed E-state index contributed by atoms with van der Waals surface area (Å²) in [5.74, 6) is -2.87. The highest BCUT2D eigenvalue weighted by atomic mass is 19.1. The fourth-order valence-electron chi connectivity index (χ4n) is 3.97. The van der Waals surface area contributed by atoms with Gasteiger partial charge in [0.2, 0.25) is 0 Å². The van der Waals surface area contributed by atoms with Crippen molar-refractivity contribution in [2.75, 3.05) is 52.4 Å².